The lowest BCUT2D eigenvalue weighted by Crippen LogP contribution is -2.49. The summed E-state index contributed by atoms with van der Waals surface area (Å²) in [6.45, 7) is 5.45. The molecule has 2 amide bonds. The van der Waals surface area contributed by atoms with Crippen LogP contribution >= 0.6 is 0 Å². The Morgan fingerprint density at radius 3 is 2.70 bits per heavy atom. The number of nitrogens with one attached hydrogen (secondary N) is 1. The van der Waals surface area contributed by atoms with Crippen LogP contribution in [0.25, 0.3) is 11.3 Å². The molecule has 1 fully saturated rings. The van der Waals surface area contributed by atoms with Crippen LogP contribution in [0.5, 0.6) is 5.75 Å². The second-order valence-corrected chi connectivity index (χ2v) is 9.60. The minimum absolute atomic E-state index is 0.226. The number of nitrogen functional groups attached to an aromatic ring is 1. The standard InChI is InChI=1S/C24H26F3N7O3/c1-22(2,16-3-6-29-7-4-16)31-21(35)33-8-5-23(14-33)19-12-17(32-34(19)9-10-36-23)15-11-18(20(28)30-13-15)37-24(25,26)27/h3-4,6-7,11-13H,5,8-10,14H2,1-2H3,(H2,28,30)(H,31,35). The van der Waals surface area contributed by atoms with Crippen LogP contribution in [-0.2, 0) is 22.4 Å². The van der Waals surface area contributed by atoms with Crippen molar-refractivity contribution in [3.05, 3.63) is 54.1 Å². The monoisotopic (exact) mass is 517 g/mol. The van der Waals surface area contributed by atoms with Crippen LogP contribution in [-0.4, -0.2) is 56.7 Å². The predicted molar refractivity (Wildman–Crippen MR) is 126 cm³/mol. The van der Waals surface area contributed by atoms with Gasteiger partial charge in [0.15, 0.2) is 11.6 Å². The van der Waals surface area contributed by atoms with Gasteiger partial charge in [-0.15, -0.1) is 13.2 Å². The topological polar surface area (TPSA) is 120 Å². The number of urea groups is 1. The molecule has 3 aromatic heterocycles. The maximum atomic E-state index is 13.2. The number of hydrogen-bond donors (Lipinski definition) is 2. The van der Waals surface area contributed by atoms with Crippen LogP contribution in [0.3, 0.4) is 0 Å². The molecule has 10 nitrogen and oxygen atoms in total. The second-order valence-electron chi connectivity index (χ2n) is 9.60. The fourth-order valence-electron chi connectivity index (χ4n) is 4.77. The van der Waals surface area contributed by atoms with Crippen LogP contribution in [0.4, 0.5) is 23.8 Å². The number of amides is 2. The maximum absolute atomic E-state index is 13.2. The fourth-order valence-corrected chi connectivity index (χ4v) is 4.77. The zero-order chi connectivity index (χ0) is 26.4. The van der Waals surface area contributed by atoms with Crippen LogP contribution in [0.2, 0.25) is 0 Å². The fraction of sp³-hybridized carbons (Fsp3) is 0.417. The van der Waals surface area contributed by atoms with Gasteiger partial charge in [-0.3, -0.25) is 9.67 Å². The summed E-state index contributed by atoms with van der Waals surface area (Å²) in [7, 11) is 0. The average Bonchev–Trinajstić information content (AvgIpc) is 3.46. The Labute approximate surface area is 210 Å². The van der Waals surface area contributed by atoms with Gasteiger partial charge in [-0.25, -0.2) is 9.78 Å². The third-order valence-corrected chi connectivity index (χ3v) is 6.67. The molecule has 0 aliphatic carbocycles. The van der Waals surface area contributed by atoms with Crippen LogP contribution < -0.4 is 15.8 Å². The van der Waals surface area contributed by atoms with Gasteiger partial charge < -0.3 is 25.4 Å². The van der Waals surface area contributed by atoms with Crippen molar-refractivity contribution in [2.24, 2.45) is 0 Å². The number of nitrogens with two attached hydrogens (primary N) is 1. The number of hydrogen-bond acceptors (Lipinski definition) is 7. The Bertz CT molecular complexity index is 1310. The Kier molecular flexibility index (Phi) is 5.97. The van der Waals surface area contributed by atoms with Crippen molar-refractivity contribution in [2.75, 3.05) is 25.4 Å². The van der Waals surface area contributed by atoms with Gasteiger partial charge in [0.05, 0.1) is 36.6 Å². The van der Waals surface area contributed by atoms with Crippen LogP contribution in [0, 0.1) is 0 Å². The number of nitrogens with zero attached hydrogens (tertiary/aromatic N) is 5. The van der Waals surface area contributed by atoms with Crippen molar-refractivity contribution in [3.8, 4) is 17.0 Å². The van der Waals surface area contributed by atoms with E-state index in [1.165, 1.54) is 6.20 Å². The van der Waals surface area contributed by atoms with E-state index in [4.69, 9.17) is 10.5 Å². The quantitative estimate of drug-likeness (QED) is 0.544. The molecule has 0 bridgehead atoms. The Morgan fingerprint density at radius 1 is 1.22 bits per heavy atom. The van der Waals surface area contributed by atoms with Gasteiger partial charge in [0, 0.05) is 37.1 Å². The Balaban J connectivity index is 1.37. The highest BCUT2D eigenvalue weighted by molar-refractivity contribution is 5.76. The molecular formula is C24H26F3N7O3. The van der Waals surface area contributed by atoms with Gasteiger partial charge in [0.2, 0.25) is 0 Å². The number of ether oxygens (including phenoxy) is 2. The summed E-state index contributed by atoms with van der Waals surface area (Å²) in [6.07, 6.45) is 0.342. The number of anilines is 1. The molecule has 2 aliphatic rings. The first-order valence-electron chi connectivity index (χ1n) is 11.7. The van der Waals surface area contributed by atoms with Crippen molar-refractivity contribution < 1.29 is 27.4 Å². The molecule has 0 saturated carbocycles. The molecule has 5 heterocycles. The van der Waals surface area contributed by atoms with Crippen molar-refractivity contribution in [1.82, 2.24) is 30.0 Å². The van der Waals surface area contributed by atoms with E-state index in [0.29, 0.717) is 43.9 Å². The second kappa shape index (κ2) is 8.91. The number of likely N-dealkylation sites (tertiary alicyclic amines) is 1. The molecule has 0 aromatic carbocycles. The average molecular weight is 518 g/mol. The number of rotatable bonds is 4. The largest absolute Gasteiger partial charge is 0.573 e. The summed E-state index contributed by atoms with van der Waals surface area (Å²) in [5.41, 5.74) is 6.55. The molecule has 3 N–H and O–H groups in total. The SMILES string of the molecule is CC(C)(NC(=O)N1CCC2(C1)OCCn1nc(-c3cnc(N)c(OC(F)(F)F)c3)cc12)c1ccncc1. The molecule has 3 aromatic rings. The van der Waals surface area contributed by atoms with E-state index in [2.05, 4.69) is 25.1 Å². The van der Waals surface area contributed by atoms with Crippen molar-refractivity contribution in [3.63, 3.8) is 0 Å². The highest BCUT2D eigenvalue weighted by atomic mass is 19.4. The number of alkyl halides is 3. The van der Waals surface area contributed by atoms with Crippen molar-refractivity contribution in [1.29, 1.82) is 0 Å². The normalized spacial score (nSPS) is 19.6. The Morgan fingerprint density at radius 2 is 1.97 bits per heavy atom. The molecule has 5 rings (SSSR count). The molecule has 196 valence electrons. The van der Waals surface area contributed by atoms with Crippen molar-refractivity contribution >= 4 is 11.8 Å². The molecule has 1 unspecified atom stereocenters. The Hall–Kier alpha value is -3.87. The number of aromatic nitrogens is 4. The molecule has 2 aliphatic heterocycles. The van der Waals surface area contributed by atoms with Gasteiger partial charge in [-0.05, 0) is 43.7 Å². The lowest BCUT2D eigenvalue weighted by molar-refractivity contribution is -0.274. The van der Waals surface area contributed by atoms with E-state index in [1.54, 1.807) is 28.0 Å². The number of carbonyl (C=O) groups excluding carboxylic acids is 1. The van der Waals surface area contributed by atoms with Crippen molar-refractivity contribution in [2.45, 2.75) is 44.3 Å². The molecule has 1 saturated heterocycles. The van der Waals surface area contributed by atoms with E-state index in [9.17, 15) is 18.0 Å². The highest BCUT2D eigenvalue weighted by Gasteiger charge is 2.47. The van der Waals surface area contributed by atoms with E-state index < -0.39 is 23.3 Å². The zero-order valence-corrected chi connectivity index (χ0v) is 20.2. The van der Waals surface area contributed by atoms with Crippen LogP contribution in [0.15, 0.2) is 42.9 Å². The predicted octanol–water partition coefficient (Wildman–Crippen LogP) is 3.40. The first-order valence-corrected chi connectivity index (χ1v) is 11.7. The molecule has 37 heavy (non-hydrogen) atoms. The van der Waals surface area contributed by atoms with E-state index in [1.807, 2.05) is 26.0 Å². The summed E-state index contributed by atoms with van der Waals surface area (Å²) in [6, 6.07) is 6.40. The smallest absolute Gasteiger partial charge is 0.402 e. The van der Waals surface area contributed by atoms with Gasteiger partial charge in [0.1, 0.15) is 5.60 Å². The summed E-state index contributed by atoms with van der Waals surface area (Å²) >= 11 is 0. The van der Waals surface area contributed by atoms with Gasteiger partial charge in [0.25, 0.3) is 0 Å². The summed E-state index contributed by atoms with van der Waals surface area (Å²) in [5, 5.41) is 7.65. The first kappa shape index (κ1) is 24.8. The van der Waals surface area contributed by atoms with E-state index in [-0.39, 0.29) is 11.8 Å². The third-order valence-electron chi connectivity index (χ3n) is 6.67. The number of halogens is 3. The summed E-state index contributed by atoms with van der Waals surface area (Å²) in [5.74, 6) is -0.973. The zero-order valence-electron chi connectivity index (χ0n) is 20.2. The third kappa shape index (κ3) is 4.90. The van der Waals surface area contributed by atoms with E-state index >= 15 is 0 Å². The minimum atomic E-state index is -4.90. The molecule has 1 atom stereocenters. The van der Waals surface area contributed by atoms with Crippen LogP contribution in [0.1, 0.15) is 31.5 Å². The maximum Gasteiger partial charge on any atom is 0.573 e. The number of fused-ring (bicyclic) bond motifs is 2. The molecular weight excluding hydrogens is 491 g/mol. The molecule has 0 radical (unpaired) electrons. The summed E-state index contributed by atoms with van der Waals surface area (Å²) < 4.78 is 50.3. The minimum Gasteiger partial charge on any atom is -0.402 e. The van der Waals surface area contributed by atoms with E-state index in [0.717, 1.165) is 17.3 Å². The lowest BCUT2D eigenvalue weighted by Gasteiger charge is -2.35. The molecule has 1 spiro atoms. The van der Waals surface area contributed by atoms with Gasteiger partial charge in [-0.1, -0.05) is 0 Å². The highest BCUT2D eigenvalue weighted by Crippen LogP contribution is 2.40. The van der Waals surface area contributed by atoms with Gasteiger partial charge >= 0.3 is 12.4 Å². The lowest BCUT2D eigenvalue weighted by atomic mass is 9.95. The summed E-state index contributed by atoms with van der Waals surface area (Å²) in [4.78, 5) is 22.7. The first-order chi connectivity index (χ1) is 17.5. The number of carbonyl (C=O) groups is 1. The number of pyridine rings is 2. The van der Waals surface area contributed by atoms with Gasteiger partial charge in [-0.2, -0.15) is 5.10 Å². The molecule has 13 heteroatoms.